The molecule has 8 nitrogen and oxygen atoms in total. The number of amides is 2. The number of benzene rings is 2. The fourth-order valence-electron chi connectivity index (χ4n) is 6.03. The van der Waals surface area contributed by atoms with Gasteiger partial charge in [0.05, 0.1) is 24.9 Å². The molecular weight excluding hydrogens is 512 g/mol. The van der Waals surface area contributed by atoms with E-state index >= 15 is 0 Å². The van der Waals surface area contributed by atoms with Crippen LogP contribution in [0.15, 0.2) is 42.5 Å². The molecule has 2 amide bonds. The minimum absolute atomic E-state index is 0.0563. The van der Waals surface area contributed by atoms with Crippen molar-refractivity contribution in [3.8, 4) is 5.75 Å². The van der Waals surface area contributed by atoms with Crippen LogP contribution < -0.4 is 5.32 Å². The van der Waals surface area contributed by atoms with E-state index < -0.39 is 0 Å². The molecule has 2 saturated heterocycles. The van der Waals surface area contributed by atoms with Crippen LogP contribution in [0.25, 0.3) is 0 Å². The number of phenols is 1. The van der Waals surface area contributed by atoms with Gasteiger partial charge in [0.15, 0.2) is 5.13 Å². The second kappa shape index (κ2) is 11.1. The third-order valence-electron chi connectivity index (χ3n) is 8.19. The Kier molecular flexibility index (Phi) is 7.38. The SMILES string of the molecule is Cc1cc(C(=O)N2CCC[C@@H]2c2cccc(C(=O)Nc3nc4c(s3)C[C@@H](N3CCOCC3)CC4)c2)ccc1O. The number of carbonyl (C=O) groups is 2. The molecule has 2 aromatic carbocycles. The molecule has 1 aromatic heterocycles. The van der Waals surface area contributed by atoms with Gasteiger partial charge in [-0.1, -0.05) is 12.1 Å². The van der Waals surface area contributed by atoms with Crippen LogP contribution in [-0.4, -0.2) is 70.6 Å². The molecule has 0 radical (unpaired) electrons. The maximum atomic E-state index is 13.3. The molecule has 2 atom stereocenters. The Bertz CT molecular complexity index is 1380. The molecule has 1 aliphatic carbocycles. The number of carbonyl (C=O) groups excluding carboxylic acids is 2. The van der Waals surface area contributed by atoms with Gasteiger partial charge in [-0.05, 0) is 80.5 Å². The zero-order valence-corrected chi connectivity index (χ0v) is 23.0. The number of ether oxygens (including phenoxy) is 1. The summed E-state index contributed by atoms with van der Waals surface area (Å²) in [5.74, 6) is -0.0573. The molecule has 3 heterocycles. The number of aromatic hydroxyl groups is 1. The minimum atomic E-state index is -0.183. The minimum Gasteiger partial charge on any atom is -0.508 e. The topological polar surface area (TPSA) is 95.0 Å². The number of fused-ring (bicyclic) bond motifs is 1. The first-order valence-corrected chi connectivity index (χ1v) is 14.6. The fraction of sp³-hybridized carbons (Fsp3) is 0.433. The van der Waals surface area contributed by atoms with E-state index in [9.17, 15) is 14.7 Å². The lowest BCUT2D eigenvalue weighted by Gasteiger charge is -2.36. The van der Waals surface area contributed by atoms with E-state index in [-0.39, 0.29) is 23.6 Å². The summed E-state index contributed by atoms with van der Waals surface area (Å²) in [6.07, 6.45) is 4.75. The number of aromatic nitrogens is 1. The zero-order valence-electron chi connectivity index (χ0n) is 22.2. The van der Waals surface area contributed by atoms with Crippen molar-refractivity contribution in [2.75, 3.05) is 38.2 Å². The van der Waals surface area contributed by atoms with Crippen molar-refractivity contribution >= 4 is 28.3 Å². The van der Waals surface area contributed by atoms with Crippen molar-refractivity contribution in [1.29, 1.82) is 0 Å². The van der Waals surface area contributed by atoms with E-state index in [2.05, 4.69) is 10.2 Å². The van der Waals surface area contributed by atoms with Crippen LogP contribution in [0, 0.1) is 6.92 Å². The van der Waals surface area contributed by atoms with Gasteiger partial charge in [0, 0.05) is 41.7 Å². The van der Waals surface area contributed by atoms with E-state index in [0.29, 0.717) is 34.4 Å². The third kappa shape index (κ3) is 5.44. The van der Waals surface area contributed by atoms with Crippen molar-refractivity contribution in [3.05, 3.63) is 75.3 Å². The highest BCUT2D eigenvalue weighted by Gasteiger charge is 2.32. The molecule has 9 heteroatoms. The van der Waals surface area contributed by atoms with E-state index in [4.69, 9.17) is 9.72 Å². The number of hydrogen-bond donors (Lipinski definition) is 2. The van der Waals surface area contributed by atoms with Gasteiger partial charge in [-0.2, -0.15) is 0 Å². The van der Waals surface area contributed by atoms with E-state index in [1.807, 2.05) is 29.2 Å². The van der Waals surface area contributed by atoms with E-state index in [1.54, 1.807) is 36.5 Å². The number of phenolic OH excluding ortho intramolecular Hbond substituents is 1. The average molecular weight is 547 g/mol. The lowest BCUT2D eigenvalue weighted by atomic mass is 9.96. The van der Waals surface area contributed by atoms with Gasteiger partial charge in [-0.3, -0.25) is 19.8 Å². The van der Waals surface area contributed by atoms with E-state index in [1.165, 1.54) is 4.88 Å². The number of hydrogen-bond acceptors (Lipinski definition) is 7. The van der Waals surface area contributed by atoms with Gasteiger partial charge >= 0.3 is 0 Å². The summed E-state index contributed by atoms with van der Waals surface area (Å²) in [6, 6.07) is 13.0. The molecular formula is C30H34N4O4S. The average Bonchev–Trinajstić information content (AvgIpc) is 3.61. The van der Waals surface area contributed by atoms with Gasteiger partial charge in [-0.15, -0.1) is 11.3 Å². The van der Waals surface area contributed by atoms with E-state index in [0.717, 1.165) is 69.7 Å². The number of nitrogens with zero attached hydrogens (tertiary/aromatic N) is 3. The third-order valence-corrected chi connectivity index (χ3v) is 9.22. The van der Waals surface area contributed by atoms with Crippen molar-refractivity contribution in [3.63, 3.8) is 0 Å². The van der Waals surface area contributed by atoms with Crippen LogP contribution in [-0.2, 0) is 17.6 Å². The van der Waals surface area contributed by atoms with Gasteiger partial charge in [-0.25, -0.2) is 4.98 Å². The molecule has 0 saturated carbocycles. The van der Waals surface area contributed by atoms with Gasteiger partial charge in [0.1, 0.15) is 5.75 Å². The number of thiazole rings is 1. The molecule has 204 valence electrons. The second-order valence-corrected chi connectivity index (χ2v) is 11.8. The molecule has 3 aliphatic rings. The number of rotatable bonds is 5. The van der Waals surface area contributed by atoms with Crippen molar-refractivity contribution < 1.29 is 19.4 Å². The Morgan fingerprint density at radius 3 is 2.74 bits per heavy atom. The lowest BCUT2D eigenvalue weighted by Crippen LogP contribution is -2.45. The number of nitrogens with one attached hydrogen (secondary N) is 1. The standard InChI is InChI=1S/C30H34N4O4S/c1-19-16-22(7-10-26(19)35)29(37)34-11-3-6-25(34)20-4-2-5-21(17-20)28(36)32-30-31-24-9-8-23(18-27(24)39-30)33-12-14-38-15-13-33/h2,4-5,7,10,16-17,23,25,35H,3,6,8-9,11-15,18H2,1H3,(H,31,32,36)/t23-,25+/m0/s1. The molecule has 6 rings (SSSR count). The zero-order chi connectivity index (χ0) is 26.9. The Hall–Kier alpha value is -3.27. The van der Waals surface area contributed by atoms with Gasteiger partial charge in [0.2, 0.25) is 0 Å². The summed E-state index contributed by atoms with van der Waals surface area (Å²) in [6.45, 7) is 6.02. The molecule has 2 aliphatic heterocycles. The summed E-state index contributed by atoms with van der Waals surface area (Å²) in [7, 11) is 0. The summed E-state index contributed by atoms with van der Waals surface area (Å²) >= 11 is 1.59. The Morgan fingerprint density at radius 2 is 1.92 bits per heavy atom. The summed E-state index contributed by atoms with van der Waals surface area (Å²) in [5, 5.41) is 13.5. The first-order valence-electron chi connectivity index (χ1n) is 13.8. The maximum Gasteiger partial charge on any atom is 0.257 e. The van der Waals surface area contributed by atoms with Crippen LogP contribution >= 0.6 is 11.3 Å². The monoisotopic (exact) mass is 546 g/mol. The molecule has 0 spiro atoms. The molecule has 0 bridgehead atoms. The van der Waals surface area contributed by atoms with Gasteiger partial charge in [0.25, 0.3) is 11.8 Å². The molecule has 39 heavy (non-hydrogen) atoms. The highest BCUT2D eigenvalue weighted by Crippen LogP contribution is 2.35. The van der Waals surface area contributed by atoms with Crippen LogP contribution in [0.4, 0.5) is 5.13 Å². The molecule has 3 aromatic rings. The summed E-state index contributed by atoms with van der Waals surface area (Å²) < 4.78 is 5.51. The first-order chi connectivity index (χ1) is 19.0. The predicted molar refractivity (Wildman–Crippen MR) is 151 cm³/mol. The largest absolute Gasteiger partial charge is 0.508 e. The lowest BCUT2D eigenvalue weighted by molar-refractivity contribution is 0.0139. The van der Waals surface area contributed by atoms with Crippen molar-refractivity contribution in [2.24, 2.45) is 0 Å². The second-order valence-electron chi connectivity index (χ2n) is 10.7. The normalized spacial score (nSPS) is 21.5. The van der Waals surface area contributed by atoms with Crippen molar-refractivity contribution in [2.45, 2.75) is 51.1 Å². The van der Waals surface area contributed by atoms with Crippen LogP contribution in [0.5, 0.6) is 5.75 Å². The predicted octanol–water partition coefficient (Wildman–Crippen LogP) is 4.58. The highest BCUT2D eigenvalue weighted by atomic mass is 32.1. The Morgan fingerprint density at radius 1 is 1.08 bits per heavy atom. The van der Waals surface area contributed by atoms with Crippen LogP contribution in [0.1, 0.15) is 67.7 Å². The Labute approximate surface area is 232 Å². The van der Waals surface area contributed by atoms with Crippen LogP contribution in [0.2, 0.25) is 0 Å². The smallest absolute Gasteiger partial charge is 0.257 e. The number of anilines is 1. The molecule has 2 N–H and O–H groups in total. The highest BCUT2D eigenvalue weighted by molar-refractivity contribution is 7.15. The molecule has 2 fully saturated rings. The van der Waals surface area contributed by atoms with Gasteiger partial charge < -0.3 is 14.7 Å². The Balaban J connectivity index is 1.14. The maximum absolute atomic E-state index is 13.3. The summed E-state index contributed by atoms with van der Waals surface area (Å²) in [4.78, 5) is 37.0. The number of likely N-dealkylation sites (tertiary alicyclic amines) is 1. The first kappa shape index (κ1) is 26.0. The van der Waals surface area contributed by atoms with Crippen LogP contribution in [0.3, 0.4) is 0 Å². The number of morpholine rings is 1. The fourth-order valence-corrected chi connectivity index (χ4v) is 7.11. The summed E-state index contributed by atoms with van der Waals surface area (Å²) in [5.41, 5.74) is 3.87. The number of aryl methyl sites for hydroxylation is 2. The van der Waals surface area contributed by atoms with Crippen molar-refractivity contribution in [1.82, 2.24) is 14.8 Å². The molecule has 0 unspecified atom stereocenters. The quantitative estimate of drug-likeness (QED) is 0.487.